The number of imidazole rings is 1. The molecule has 1 saturated heterocycles. The van der Waals surface area contributed by atoms with Crippen molar-refractivity contribution in [3.8, 4) is 0 Å². The molecule has 0 aliphatic carbocycles. The van der Waals surface area contributed by atoms with E-state index in [0.29, 0.717) is 18.8 Å². The van der Waals surface area contributed by atoms with Crippen molar-refractivity contribution in [1.82, 2.24) is 19.4 Å². The first-order chi connectivity index (χ1) is 12.6. The normalized spacial score (nSPS) is 17.4. The maximum absolute atomic E-state index is 11.5. The van der Waals surface area contributed by atoms with E-state index in [9.17, 15) is 14.7 Å². The molecule has 0 radical (unpaired) electrons. The molecule has 1 fully saturated rings. The summed E-state index contributed by atoms with van der Waals surface area (Å²) in [5.74, 6) is 0.749. The van der Waals surface area contributed by atoms with Gasteiger partial charge in [0.2, 0.25) is 0 Å². The smallest absolute Gasteiger partial charge is 0.320 e. The summed E-state index contributed by atoms with van der Waals surface area (Å²) in [4.78, 5) is 32.9. The molecule has 0 aromatic carbocycles. The van der Waals surface area contributed by atoms with Gasteiger partial charge in [0.25, 0.3) is 0 Å². The monoisotopic (exact) mass is 358 g/mol. The molecule has 3 rings (SSSR count). The van der Waals surface area contributed by atoms with Gasteiger partial charge >= 0.3 is 5.97 Å². The summed E-state index contributed by atoms with van der Waals surface area (Å²) < 4.78 is 2.29. The lowest BCUT2D eigenvalue weighted by Gasteiger charge is -2.35. The van der Waals surface area contributed by atoms with E-state index in [1.165, 1.54) is 0 Å². The summed E-state index contributed by atoms with van der Waals surface area (Å²) in [5, 5.41) is 9.44. The van der Waals surface area contributed by atoms with Gasteiger partial charge in [-0.15, -0.1) is 0 Å². The molecule has 1 aliphatic rings. The van der Waals surface area contributed by atoms with Crippen LogP contribution in [0.15, 0.2) is 18.5 Å². The topological polar surface area (TPSA) is 88.3 Å². The van der Waals surface area contributed by atoms with Crippen molar-refractivity contribution in [1.29, 1.82) is 0 Å². The molecule has 0 amide bonds. The van der Waals surface area contributed by atoms with E-state index in [-0.39, 0.29) is 0 Å². The second-order valence-electron chi connectivity index (χ2n) is 6.93. The van der Waals surface area contributed by atoms with E-state index in [2.05, 4.69) is 21.5 Å². The van der Waals surface area contributed by atoms with E-state index in [4.69, 9.17) is 0 Å². The number of aromatic nitrogens is 3. The highest BCUT2D eigenvalue weighted by Gasteiger charge is 2.29. The number of likely N-dealkylation sites (tertiary alicyclic amines) is 1. The molecule has 1 unspecified atom stereocenters. The number of nitrogens with zero attached hydrogens (tertiary/aromatic N) is 4. The zero-order valence-corrected chi connectivity index (χ0v) is 15.2. The first-order valence-electron chi connectivity index (χ1n) is 9.33. The summed E-state index contributed by atoms with van der Waals surface area (Å²) in [6.45, 7) is 4.54. The third-order valence-electron chi connectivity index (χ3n) is 5.32. The van der Waals surface area contributed by atoms with E-state index in [0.717, 1.165) is 62.0 Å². The number of rotatable bonds is 8. The molecule has 0 bridgehead atoms. The van der Waals surface area contributed by atoms with Crippen molar-refractivity contribution in [3.63, 3.8) is 0 Å². The van der Waals surface area contributed by atoms with Gasteiger partial charge in [0, 0.05) is 25.6 Å². The molecule has 0 saturated carbocycles. The van der Waals surface area contributed by atoms with Crippen LogP contribution < -0.4 is 0 Å². The Hall–Kier alpha value is -2.28. The van der Waals surface area contributed by atoms with Crippen LogP contribution in [0.2, 0.25) is 0 Å². The zero-order valence-electron chi connectivity index (χ0n) is 15.2. The Morgan fingerprint density at radius 2 is 2.19 bits per heavy atom. The minimum atomic E-state index is -0.827. The Morgan fingerprint density at radius 1 is 1.42 bits per heavy atom. The lowest BCUT2D eigenvalue weighted by atomic mass is 9.94. The van der Waals surface area contributed by atoms with Gasteiger partial charge in [-0.1, -0.05) is 6.92 Å². The van der Waals surface area contributed by atoms with Crippen LogP contribution in [0.1, 0.15) is 38.4 Å². The molecule has 2 aromatic rings. The molecule has 0 spiro atoms. The fourth-order valence-corrected chi connectivity index (χ4v) is 3.90. The van der Waals surface area contributed by atoms with Crippen molar-refractivity contribution in [2.45, 2.75) is 51.6 Å². The number of aliphatic carboxylic acids is 1. The predicted octanol–water partition coefficient (Wildman–Crippen LogP) is 2.14. The molecular weight excluding hydrogens is 332 g/mol. The van der Waals surface area contributed by atoms with Crippen LogP contribution in [0.4, 0.5) is 0 Å². The highest BCUT2D eigenvalue weighted by atomic mass is 16.4. The first kappa shape index (κ1) is 18.5. The van der Waals surface area contributed by atoms with E-state index < -0.39 is 12.0 Å². The quantitative estimate of drug-likeness (QED) is 0.727. The zero-order chi connectivity index (χ0) is 18.5. The van der Waals surface area contributed by atoms with Crippen molar-refractivity contribution in [3.05, 3.63) is 24.3 Å². The van der Waals surface area contributed by atoms with Crippen LogP contribution in [0.5, 0.6) is 0 Å². The lowest BCUT2D eigenvalue weighted by molar-refractivity contribution is -0.144. The number of piperidine rings is 1. The predicted molar refractivity (Wildman–Crippen MR) is 97.9 cm³/mol. The Kier molecular flexibility index (Phi) is 5.98. The Bertz CT molecular complexity index is 765. The van der Waals surface area contributed by atoms with Crippen molar-refractivity contribution in [2.24, 2.45) is 5.92 Å². The van der Waals surface area contributed by atoms with Gasteiger partial charge < -0.3 is 14.5 Å². The second-order valence-corrected chi connectivity index (χ2v) is 6.93. The third kappa shape index (κ3) is 3.93. The van der Waals surface area contributed by atoms with Crippen LogP contribution in [0.3, 0.4) is 0 Å². The molecule has 3 heterocycles. The number of hydrogen-bond donors (Lipinski definition) is 1. The lowest BCUT2D eigenvalue weighted by Crippen LogP contribution is -2.46. The molecule has 1 atom stereocenters. The maximum atomic E-state index is 11.5. The fourth-order valence-electron chi connectivity index (χ4n) is 3.90. The van der Waals surface area contributed by atoms with Gasteiger partial charge in [-0.3, -0.25) is 14.7 Å². The Morgan fingerprint density at radius 3 is 2.85 bits per heavy atom. The van der Waals surface area contributed by atoms with Crippen LogP contribution in [0, 0.1) is 5.92 Å². The molecule has 7 heteroatoms. The minimum absolute atomic E-state index is 0.297. The van der Waals surface area contributed by atoms with Gasteiger partial charge in [-0.05, 0) is 44.3 Å². The summed E-state index contributed by atoms with van der Waals surface area (Å²) in [6.07, 6.45) is 7.88. The number of carboxylic acids is 1. The Labute approximate surface area is 153 Å². The molecule has 140 valence electrons. The van der Waals surface area contributed by atoms with Gasteiger partial charge in [-0.25, -0.2) is 4.98 Å². The van der Waals surface area contributed by atoms with Crippen molar-refractivity contribution >= 4 is 23.3 Å². The molecule has 1 aliphatic heterocycles. The summed E-state index contributed by atoms with van der Waals surface area (Å²) in [7, 11) is 0. The molecule has 1 N–H and O–H groups in total. The first-order valence-corrected chi connectivity index (χ1v) is 9.33. The van der Waals surface area contributed by atoms with Crippen molar-refractivity contribution < 1.29 is 14.7 Å². The molecule has 26 heavy (non-hydrogen) atoms. The van der Waals surface area contributed by atoms with Crippen molar-refractivity contribution in [2.75, 3.05) is 13.1 Å². The number of carbonyl (C=O) groups is 2. The molecule has 2 aromatic heterocycles. The SMILES string of the molecule is CCc1nc2cnccc2n1CC1CCN(C(CCC=O)C(=O)O)CC1. The van der Waals surface area contributed by atoms with Crippen LogP contribution in [-0.4, -0.2) is 55.9 Å². The van der Waals surface area contributed by atoms with Gasteiger partial charge in [-0.2, -0.15) is 0 Å². The van der Waals surface area contributed by atoms with Gasteiger partial charge in [0.15, 0.2) is 0 Å². The number of fused-ring (bicyclic) bond motifs is 1. The third-order valence-corrected chi connectivity index (χ3v) is 5.32. The van der Waals surface area contributed by atoms with E-state index in [1.807, 2.05) is 11.0 Å². The highest BCUT2D eigenvalue weighted by Crippen LogP contribution is 2.25. The fraction of sp³-hybridized carbons (Fsp3) is 0.579. The standard InChI is InChI=1S/C19H26N4O3/c1-2-18-21-15-12-20-8-5-16(15)23(18)13-14-6-9-22(10-7-14)17(19(25)26)4-3-11-24/h5,8,11-12,14,17H,2-4,6-7,9-10,13H2,1H3,(H,25,26). The van der Waals surface area contributed by atoms with Gasteiger partial charge in [0.05, 0.1) is 11.7 Å². The summed E-state index contributed by atoms with van der Waals surface area (Å²) >= 11 is 0. The Balaban J connectivity index is 1.66. The van der Waals surface area contributed by atoms with Crippen LogP contribution in [0.25, 0.3) is 11.0 Å². The van der Waals surface area contributed by atoms with Crippen LogP contribution in [-0.2, 0) is 22.6 Å². The molecular formula is C19H26N4O3. The van der Waals surface area contributed by atoms with Gasteiger partial charge in [0.1, 0.15) is 23.7 Å². The largest absolute Gasteiger partial charge is 0.480 e. The number of aldehydes is 1. The maximum Gasteiger partial charge on any atom is 0.320 e. The molecule has 7 nitrogen and oxygen atoms in total. The average molecular weight is 358 g/mol. The van der Waals surface area contributed by atoms with Crippen LogP contribution >= 0.6 is 0 Å². The summed E-state index contributed by atoms with van der Waals surface area (Å²) in [6, 6.07) is 1.46. The average Bonchev–Trinajstić information content (AvgIpc) is 3.01. The van der Waals surface area contributed by atoms with E-state index in [1.54, 1.807) is 12.4 Å². The number of carboxylic acid groups (broad SMARTS) is 1. The number of pyridine rings is 1. The number of hydrogen-bond acceptors (Lipinski definition) is 5. The minimum Gasteiger partial charge on any atom is -0.480 e. The summed E-state index contributed by atoms with van der Waals surface area (Å²) in [5.41, 5.74) is 2.05. The number of aryl methyl sites for hydroxylation is 1. The second kappa shape index (κ2) is 8.40. The van der Waals surface area contributed by atoms with E-state index >= 15 is 0 Å². The highest BCUT2D eigenvalue weighted by molar-refractivity contribution is 5.75. The number of carbonyl (C=O) groups excluding carboxylic acids is 1.